The SMILES string of the molecule is COc1ccc(OC(C)C(=O)Nc2c(C(C)C)cccc2C(C)C)cc1. The Morgan fingerprint density at radius 3 is 1.81 bits per heavy atom. The van der Waals surface area contributed by atoms with E-state index in [-0.39, 0.29) is 5.91 Å². The highest BCUT2D eigenvalue weighted by Gasteiger charge is 2.20. The molecular weight excluding hydrogens is 326 g/mol. The number of hydrogen-bond donors (Lipinski definition) is 1. The van der Waals surface area contributed by atoms with E-state index in [9.17, 15) is 4.79 Å². The number of carbonyl (C=O) groups is 1. The van der Waals surface area contributed by atoms with E-state index in [1.54, 1.807) is 26.2 Å². The zero-order valence-electron chi connectivity index (χ0n) is 16.5. The molecule has 0 aliphatic rings. The van der Waals surface area contributed by atoms with Crippen molar-refractivity contribution in [1.82, 2.24) is 0 Å². The molecule has 0 fully saturated rings. The number of carbonyl (C=O) groups excluding carboxylic acids is 1. The summed E-state index contributed by atoms with van der Waals surface area (Å²) in [6.07, 6.45) is -0.608. The van der Waals surface area contributed by atoms with Gasteiger partial charge in [-0.05, 0) is 54.2 Å². The third-order valence-corrected chi connectivity index (χ3v) is 4.36. The van der Waals surface area contributed by atoms with Crippen molar-refractivity contribution in [3.63, 3.8) is 0 Å². The van der Waals surface area contributed by atoms with Crippen molar-refractivity contribution in [1.29, 1.82) is 0 Å². The topological polar surface area (TPSA) is 47.6 Å². The molecular formula is C22H29NO3. The second-order valence-corrected chi connectivity index (χ2v) is 7.05. The summed E-state index contributed by atoms with van der Waals surface area (Å²) in [4.78, 5) is 12.7. The number of methoxy groups -OCH3 is 1. The molecule has 0 saturated carbocycles. The number of hydrogen-bond acceptors (Lipinski definition) is 3. The lowest BCUT2D eigenvalue weighted by Gasteiger charge is -2.22. The number of anilines is 1. The van der Waals surface area contributed by atoms with Crippen LogP contribution in [0, 0.1) is 0 Å². The second-order valence-electron chi connectivity index (χ2n) is 7.05. The Morgan fingerprint density at radius 1 is 0.846 bits per heavy atom. The number of amides is 1. The molecule has 0 aliphatic heterocycles. The third-order valence-electron chi connectivity index (χ3n) is 4.36. The van der Waals surface area contributed by atoms with E-state index in [1.165, 1.54) is 0 Å². The lowest BCUT2D eigenvalue weighted by atomic mass is 9.92. The molecule has 2 aromatic carbocycles. The molecule has 0 saturated heterocycles. The first-order valence-electron chi connectivity index (χ1n) is 9.07. The lowest BCUT2D eigenvalue weighted by Crippen LogP contribution is -2.31. The summed E-state index contributed by atoms with van der Waals surface area (Å²) >= 11 is 0. The highest BCUT2D eigenvalue weighted by Crippen LogP contribution is 2.32. The summed E-state index contributed by atoms with van der Waals surface area (Å²) in [6, 6.07) is 13.4. The minimum atomic E-state index is -0.608. The molecule has 0 heterocycles. The second kappa shape index (κ2) is 8.75. The van der Waals surface area contributed by atoms with Crippen molar-refractivity contribution in [3.05, 3.63) is 53.6 Å². The van der Waals surface area contributed by atoms with Gasteiger partial charge < -0.3 is 14.8 Å². The van der Waals surface area contributed by atoms with E-state index in [0.717, 1.165) is 22.6 Å². The Morgan fingerprint density at radius 2 is 1.35 bits per heavy atom. The predicted octanol–water partition coefficient (Wildman–Crippen LogP) is 5.35. The molecule has 1 atom stereocenters. The first-order chi connectivity index (χ1) is 12.3. The van der Waals surface area contributed by atoms with Crippen LogP contribution in [0.1, 0.15) is 57.6 Å². The van der Waals surface area contributed by atoms with E-state index in [0.29, 0.717) is 17.6 Å². The van der Waals surface area contributed by atoms with Crippen LogP contribution in [0.3, 0.4) is 0 Å². The van der Waals surface area contributed by atoms with Crippen LogP contribution in [0.15, 0.2) is 42.5 Å². The first-order valence-corrected chi connectivity index (χ1v) is 9.07. The largest absolute Gasteiger partial charge is 0.497 e. The normalized spacial score (nSPS) is 12.2. The Balaban J connectivity index is 2.17. The van der Waals surface area contributed by atoms with Crippen molar-refractivity contribution >= 4 is 11.6 Å². The van der Waals surface area contributed by atoms with Crippen molar-refractivity contribution in [2.24, 2.45) is 0 Å². The number of ether oxygens (including phenoxy) is 2. The minimum absolute atomic E-state index is 0.157. The van der Waals surface area contributed by atoms with E-state index in [2.05, 4.69) is 51.2 Å². The smallest absolute Gasteiger partial charge is 0.265 e. The molecule has 4 nitrogen and oxygen atoms in total. The average Bonchev–Trinajstić information content (AvgIpc) is 2.62. The van der Waals surface area contributed by atoms with Crippen molar-refractivity contribution in [3.8, 4) is 11.5 Å². The molecule has 0 aromatic heterocycles. The summed E-state index contributed by atoms with van der Waals surface area (Å²) in [7, 11) is 1.62. The van der Waals surface area contributed by atoms with Crippen LogP contribution in [-0.2, 0) is 4.79 Å². The molecule has 2 rings (SSSR count). The lowest BCUT2D eigenvalue weighted by molar-refractivity contribution is -0.122. The number of para-hydroxylation sites is 1. The Hall–Kier alpha value is -2.49. The van der Waals surface area contributed by atoms with E-state index in [1.807, 2.05) is 12.1 Å². The van der Waals surface area contributed by atoms with Crippen molar-refractivity contribution in [2.75, 3.05) is 12.4 Å². The highest BCUT2D eigenvalue weighted by molar-refractivity contribution is 5.95. The maximum atomic E-state index is 12.7. The van der Waals surface area contributed by atoms with E-state index >= 15 is 0 Å². The molecule has 26 heavy (non-hydrogen) atoms. The molecule has 1 unspecified atom stereocenters. The van der Waals surface area contributed by atoms with Gasteiger partial charge in [-0.2, -0.15) is 0 Å². The van der Waals surface area contributed by atoms with Gasteiger partial charge in [0.2, 0.25) is 0 Å². The highest BCUT2D eigenvalue weighted by atomic mass is 16.5. The number of nitrogens with one attached hydrogen (secondary N) is 1. The van der Waals surface area contributed by atoms with Crippen molar-refractivity contribution < 1.29 is 14.3 Å². The van der Waals surface area contributed by atoms with Crippen LogP contribution in [0.2, 0.25) is 0 Å². The van der Waals surface area contributed by atoms with Gasteiger partial charge in [-0.3, -0.25) is 4.79 Å². The summed E-state index contributed by atoms with van der Waals surface area (Å²) < 4.78 is 10.9. The molecule has 140 valence electrons. The quantitative estimate of drug-likeness (QED) is 0.728. The van der Waals surface area contributed by atoms with Crippen LogP contribution >= 0.6 is 0 Å². The van der Waals surface area contributed by atoms with Crippen LogP contribution in [0.25, 0.3) is 0 Å². The molecule has 0 aliphatic carbocycles. The molecule has 1 amide bonds. The maximum Gasteiger partial charge on any atom is 0.265 e. The van der Waals surface area contributed by atoms with Crippen LogP contribution in [0.5, 0.6) is 11.5 Å². The molecule has 0 bridgehead atoms. The average molecular weight is 355 g/mol. The number of benzene rings is 2. The zero-order valence-corrected chi connectivity index (χ0v) is 16.5. The van der Waals surface area contributed by atoms with Gasteiger partial charge in [-0.15, -0.1) is 0 Å². The Kier molecular flexibility index (Phi) is 6.67. The Bertz CT molecular complexity index is 709. The fraction of sp³-hybridized carbons (Fsp3) is 0.409. The van der Waals surface area contributed by atoms with Gasteiger partial charge in [0.1, 0.15) is 11.5 Å². The van der Waals surface area contributed by atoms with Gasteiger partial charge >= 0.3 is 0 Å². The van der Waals surface area contributed by atoms with Crippen LogP contribution in [-0.4, -0.2) is 19.1 Å². The minimum Gasteiger partial charge on any atom is -0.497 e. The van der Waals surface area contributed by atoms with Crippen LogP contribution in [0.4, 0.5) is 5.69 Å². The van der Waals surface area contributed by atoms with Crippen molar-refractivity contribution in [2.45, 2.75) is 52.6 Å². The summed E-state index contributed by atoms with van der Waals surface area (Å²) in [5.74, 6) is 1.87. The van der Waals surface area contributed by atoms with E-state index in [4.69, 9.17) is 9.47 Å². The fourth-order valence-corrected chi connectivity index (χ4v) is 2.83. The summed E-state index contributed by atoms with van der Waals surface area (Å²) in [5, 5.41) is 3.10. The fourth-order valence-electron chi connectivity index (χ4n) is 2.83. The van der Waals surface area contributed by atoms with Gasteiger partial charge in [0.15, 0.2) is 6.10 Å². The first kappa shape index (κ1) is 19.8. The standard InChI is InChI=1S/C22H29NO3/c1-14(2)19-8-7-9-20(15(3)4)21(19)23-22(24)16(5)26-18-12-10-17(25-6)11-13-18/h7-16H,1-6H3,(H,23,24). The van der Waals surface area contributed by atoms with Gasteiger partial charge in [0, 0.05) is 5.69 Å². The van der Waals surface area contributed by atoms with Gasteiger partial charge in [-0.25, -0.2) is 0 Å². The molecule has 0 spiro atoms. The predicted molar refractivity (Wildman–Crippen MR) is 106 cm³/mol. The molecule has 1 N–H and O–H groups in total. The van der Waals surface area contributed by atoms with Gasteiger partial charge in [0.25, 0.3) is 5.91 Å². The Labute approximate surface area is 156 Å². The number of rotatable bonds is 7. The van der Waals surface area contributed by atoms with Gasteiger partial charge in [0.05, 0.1) is 7.11 Å². The van der Waals surface area contributed by atoms with Gasteiger partial charge in [-0.1, -0.05) is 45.9 Å². The molecule has 0 radical (unpaired) electrons. The summed E-state index contributed by atoms with van der Waals surface area (Å²) in [5.41, 5.74) is 3.19. The van der Waals surface area contributed by atoms with Crippen LogP contribution < -0.4 is 14.8 Å². The zero-order chi connectivity index (χ0) is 19.3. The third kappa shape index (κ3) is 4.78. The molecule has 2 aromatic rings. The summed E-state index contributed by atoms with van der Waals surface area (Å²) in [6.45, 7) is 10.3. The maximum absolute atomic E-state index is 12.7. The monoisotopic (exact) mass is 355 g/mol. The van der Waals surface area contributed by atoms with E-state index < -0.39 is 6.10 Å². The molecule has 4 heteroatoms.